The zero-order valence-corrected chi connectivity index (χ0v) is 19.7. The molecule has 0 aromatic rings. The summed E-state index contributed by atoms with van der Waals surface area (Å²) < 4.78 is 0. The lowest BCUT2D eigenvalue weighted by Crippen LogP contribution is -2.58. The van der Waals surface area contributed by atoms with E-state index >= 15 is 0 Å². The minimum atomic E-state index is -1.62. The van der Waals surface area contributed by atoms with Gasteiger partial charge in [-0.15, -0.1) is 0 Å². The Morgan fingerprint density at radius 3 is 1.80 bits per heavy atom. The van der Waals surface area contributed by atoms with Crippen molar-refractivity contribution in [2.75, 3.05) is 6.54 Å². The van der Waals surface area contributed by atoms with Gasteiger partial charge in [-0.05, 0) is 18.8 Å². The van der Waals surface area contributed by atoms with Gasteiger partial charge in [-0.25, -0.2) is 4.79 Å². The van der Waals surface area contributed by atoms with Gasteiger partial charge in [0.15, 0.2) is 5.96 Å². The van der Waals surface area contributed by atoms with Crippen LogP contribution < -0.4 is 44.6 Å². The van der Waals surface area contributed by atoms with Crippen LogP contribution in [0.15, 0.2) is 4.99 Å². The van der Waals surface area contributed by atoms with E-state index in [1.165, 1.54) is 0 Å². The second-order valence-electron chi connectivity index (χ2n) is 8.09. The highest BCUT2D eigenvalue weighted by molar-refractivity contribution is 5.95. The highest BCUT2D eigenvalue weighted by Gasteiger charge is 2.32. The number of amides is 5. The number of nitrogens with two attached hydrogens (primary N) is 5. The van der Waals surface area contributed by atoms with Crippen molar-refractivity contribution in [1.82, 2.24) is 16.0 Å². The lowest BCUT2D eigenvalue weighted by Gasteiger charge is -2.26. The van der Waals surface area contributed by atoms with Gasteiger partial charge in [0.2, 0.25) is 29.5 Å². The molecular weight excluding hydrogens is 466 g/mol. The molecule has 0 aliphatic carbocycles. The summed E-state index contributed by atoms with van der Waals surface area (Å²) in [5.74, 6) is -6.40. The Morgan fingerprint density at radius 2 is 1.34 bits per heavy atom. The number of guanidine groups is 1. The zero-order chi connectivity index (χ0) is 27.3. The van der Waals surface area contributed by atoms with Crippen LogP contribution in [-0.2, 0) is 28.8 Å². The number of hydrogen-bond donors (Lipinski definition) is 9. The molecule has 4 unspecified atom stereocenters. The van der Waals surface area contributed by atoms with Crippen molar-refractivity contribution in [2.45, 2.75) is 63.7 Å². The Bertz CT molecular complexity index is 827. The Kier molecular flexibility index (Phi) is 13.4. The first-order chi connectivity index (χ1) is 16.1. The number of rotatable bonds is 16. The summed E-state index contributed by atoms with van der Waals surface area (Å²) in [5, 5.41) is 16.2. The Morgan fingerprint density at radius 1 is 0.800 bits per heavy atom. The molecule has 16 heteroatoms. The van der Waals surface area contributed by atoms with E-state index in [0.29, 0.717) is 0 Å². The zero-order valence-electron chi connectivity index (χ0n) is 19.7. The van der Waals surface area contributed by atoms with E-state index in [-0.39, 0.29) is 25.3 Å². The van der Waals surface area contributed by atoms with Crippen LogP contribution in [0.5, 0.6) is 0 Å². The number of primary amides is 2. The van der Waals surface area contributed by atoms with Gasteiger partial charge in [-0.3, -0.25) is 29.0 Å². The molecule has 0 aromatic heterocycles. The third-order valence-electron chi connectivity index (χ3n) is 4.60. The first-order valence-electron chi connectivity index (χ1n) is 10.7. The molecule has 0 aliphatic heterocycles. The molecule has 0 rings (SSSR count). The van der Waals surface area contributed by atoms with Crippen molar-refractivity contribution in [3.63, 3.8) is 0 Å². The number of carbonyl (C=O) groups excluding carboxylic acids is 5. The summed E-state index contributed by atoms with van der Waals surface area (Å²) in [6, 6.07) is -5.34. The predicted octanol–water partition coefficient (Wildman–Crippen LogP) is -4.69. The number of aliphatic carboxylic acids is 1. The molecule has 0 aromatic carbocycles. The third-order valence-corrected chi connectivity index (χ3v) is 4.60. The lowest BCUT2D eigenvalue weighted by molar-refractivity contribution is -0.143. The van der Waals surface area contributed by atoms with Crippen molar-refractivity contribution >= 4 is 41.5 Å². The normalized spacial score (nSPS) is 14.1. The minimum Gasteiger partial charge on any atom is -0.480 e. The van der Waals surface area contributed by atoms with E-state index in [2.05, 4.69) is 20.9 Å². The minimum absolute atomic E-state index is 0.0167. The van der Waals surface area contributed by atoms with E-state index in [9.17, 15) is 33.9 Å². The maximum absolute atomic E-state index is 12.9. The number of aliphatic imine (C=N–C) groups is 1. The topological polar surface area (TPSA) is 301 Å². The maximum Gasteiger partial charge on any atom is 0.326 e. The van der Waals surface area contributed by atoms with Gasteiger partial charge < -0.3 is 49.7 Å². The van der Waals surface area contributed by atoms with Crippen molar-refractivity contribution in [3.8, 4) is 0 Å². The largest absolute Gasteiger partial charge is 0.480 e. The Labute approximate surface area is 201 Å². The molecule has 198 valence electrons. The number of nitrogens with zero attached hydrogens (tertiary/aromatic N) is 1. The van der Waals surface area contributed by atoms with Gasteiger partial charge in [0, 0.05) is 6.54 Å². The van der Waals surface area contributed by atoms with Gasteiger partial charge in [-0.2, -0.15) is 0 Å². The average molecular weight is 502 g/mol. The van der Waals surface area contributed by atoms with Gasteiger partial charge >= 0.3 is 5.97 Å². The molecule has 0 aliphatic rings. The van der Waals surface area contributed by atoms with Crippen LogP contribution in [0.3, 0.4) is 0 Å². The van der Waals surface area contributed by atoms with Crippen LogP contribution in [-0.4, -0.2) is 77.3 Å². The number of hydrogen-bond acceptors (Lipinski definition) is 8. The highest BCUT2D eigenvalue weighted by Crippen LogP contribution is 2.07. The van der Waals surface area contributed by atoms with Crippen molar-refractivity contribution in [3.05, 3.63) is 0 Å². The summed E-state index contributed by atoms with van der Waals surface area (Å²) in [6.07, 6.45) is -0.911. The number of carboxylic acids is 1. The Hall–Kier alpha value is -3.95. The van der Waals surface area contributed by atoms with Crippen molar-refractivity contribution in [2.24, 2.45) is 39.6 Å². The van der Waals surface area contributed by atoms with Crippen molar-refractivity contribution < 1.29 is 33.9 Å². The van der Waals surface area contributed by atoms with Crippen LogP contribution in [0.1, 0.15) is 39.5 Å². The quantitative estimate of drug-likeness (QED) is 0.0552. The van der Waals surface area contributed by atoms with Crippen LogP contribution in [0.2, 0.25) is 0 Å². The number of carboxylic acid groups (broad SMARTS) is 1. The molecule has 0 radical (unpaired) electrons. The Balaban J connectivity index is 5.60. The SMILES string of the molecule is CC(C)C(NC(=O)C(N)CC(N)=O)C(=O)NC(CCCN=C(N)N)C(=O)NC(CC(N)=O)C(=O)O. The molecule has 16 nitrogen and oxygen atoms in total. The van der Waals surface area contributed by atoms with E-state index in [1.807, 2.05) is 0 Å². The van der Waals surface area contributed by atoms with Gasteiger partial charge in [0.25, 0.3) is 0 Å². The summed E-state index contributed by atoms with van der Waals surface area (Å²) >= 11 is 0. The van der Waals surface area contributed by atoms with Gasteiger partial charge in [0.1, 0.15) is 18.1 Å². The fraction of sp³-hybridized carbons (Fsp3) is 0.632. The average Bonchev–Trinajstić information content (AvgIpc) is 2.71. The van der Waals surface area contributed by atoms with E-state index in [0.717, 1.165) is 0 Å². The summed E-state index contributed by atoms with van der Waals surface area (Å²) in [4.78, 5) is 75.2. The molecule has 0 fully saturated rings. The van der Waals surface area contributed by atoms with E-state index < -0.39 is 78.4 Å². The second kappa shape index (κ2) is 15.0. The van der Waals surface area contributed by atoms with Crippen LogP contribution >= 0.6 is 0 Å². The first kappa shape index (κ1) is 31.0. The van der Waals surface area contributed by atoms with E-state index in [1.54, 1.807) is 13.8 Å². The molecule has 0 spiro atoms. The fourth-order valence-corrected chi connectivity index (χ4v) is 2.81. The number of nitrogens with one attached hydrogen (secondary N) is 3. The summed E-state index contributed by atoms with van der Waals surface area (Å²) in [7, 11) is 0. The molecule has 14 N–H and O–H groups in total. The molecule has 5 amide bonds. The van der Waals surface area contributed by atoms with Gasteiger partial charge in [0.05, 0.1) is 18.9 Å². The van der Waals surface area contributed by atoms with Gasteiger partial charge in [-0.1, -0.05) is 13.8 Å². The van der Waals surface area contributed by atoms with E-state index in [4.69, 9.17) is 28.7 Å². The van der Waals surface area contributed by atoms with Crippen molar-refractivity contribution in [1.29, 1.82) is 0 Å². The third kappa shape index (κ3) is 12.8. The van der Waals surface area contributed by atoms with Crippen LogP contribution in [0.25, 0.3) is 0 Å². The predicted molar refractivity (Wildman–Crippen MR) is 124 cm³/mol. The monoisotopic (exact) mass is 501 g/mol. The lowest BCUT2D eigenvalue weighted by atomic mass is 10.0. The van der Waals surface area contributed by atoms with Crippen LogP contribution in [0.4, 0.5) is 0 Å². The smallest absolute Gasteiger partial charge is 0.326 e. The van der Waals surface area contributed by atoms with Crippen LogP contribution in [0, 0.1) is 5.92 Å². The molecule has 35 heavy (non-hydrogen) atoms. The second-order valence-corrected chi connectivity index (χ2v) is 8.09. The summed E-state index contributed by atoms with van der Waals surface area (Å²) in [5.41, 5.74) is 26.2. The first-order valence-corrected chi connectivity index (χ1v) is 10.7. The standard InChI is InChI=1S/C19H35N9O7/c1-8(2)14(28-15(31)9(20)6-12(21)29)17(33)26-10(4-3-5-25-19(23)24)16(32)27-11(18(34)35)7-13(22)30/h8-11,14H,3-7,20H2,1-2H3,(H2,21,29)(H2,22,30)(H,26,33)(H,27,32)(H,28,31)(H,34,35)(H4,23,24,25). The maximum atomic E-state index is 12.9. The molecule has 0 saturated heterocycles. The molecule has 0 heterocycles. The number of carbonyl (C=O) groups is 6. The molecular formula is C19H35N9O7. The molecule has 4 atom stereocenters. The fourth-order valence-electron chi connectivity index (χ4n) is 2.81. The molecule has 0 bridgehead atoms. The summed E-state index contributed by atoms with van der Waals surface area (Å²) in [6.45, 7) is 3.34. The molecule has 0 saturated carbocycles. The highest BCUT2D eigenvalue weighted by atomic mass is 16.4.